The zero-order valence-electron chi connectivity index (χ0n) is 10.2. The lowest BCUT2D eigenvalue weighted by atomic mass is 10.1. The number of hydrogen-bond donors (Lipinski definition) is 4. The molecule has 0 saturated heterocycles. The maximum Gasteiger partial charge on any atom is 0.170 e. The number of aliphatic hydroxyl groups excluding tert-OH is 1. The molecule has 1 rings (SSSR count). The van der Waals surface area contributed by atoms with Crippen LogP contribution in [0.1, 0.15) is 24.5 Å². The average Bonchev–Trinajstić information content (AvgIpc) is 2.36. The molecule has 100 valence electrons. The molecule has 0 spiro atoms. The second-order valence-electron chi connectivity index (χ2n) is 4.09. The lowest BCUT2D eigenvalue weighted by Gasteiger charge is -2.13. The Morgan fingerprint density at radius 3 is 2.83 bits per heavy atom. The maximum atomic E-state index is 13.7. The Bertz CT molecular complexity index is 424. The van der Waals surface area contributed by atoms with Crippen molar-refractivity contribution in [2.75, 3.05) is 6.61 Å². The van der Waals surface area contributed by atoms with E-state index in [-0.39, 0.29) is 18.5 Å². The van der Waals surface area contributed by atoms with E-state index in [1.165, 1.54) is 6.07 Å². The van der Waals surface area contributed by atoms with Gasteiger partial charge >= 0.3 is 0 Å². The fourth-order valence-corrected chi connectivity index (χ4v) is 1.49. The first-order valence-corrected chi connectivity index (χ1v) is 5.69. The smallest absolute Gasteiger partial charge is 0.170 e. The molecule has 1 unspecified atom stereocenters. The van der Waals surface area contributed by atoms with Crippen molar-refractivity contribution in [3.63, 3.8) is 0 Å². The lowest BCUT2D eigenvalue weighted by molar-refractivity contribution is 0.268. The Morgan fingerprint density at radius 1 is 1.56 bits per heavy atom. The Morgan fingerprint density at radius 2 is 2.28 bits per heavy atom. The monoisotopic (exact) mass is 255 g/mol. The number of halogens is 1. The van der Waals surface area contributed by atoms with Crippen molar-refractivity contribution in [2.45, 2.75) is 25.9 Å². The van der Waals surface area contributed by atoms with Crippen molar-refractivity contribution in [3.8, 4) is 0 Å². The van der Waals surface area contributed by atoms with Crippen molar-refractivity contribution >= 4 is 5.84 Å². The average molecular weight is 255 g/mol. The Balaban J connectivity index is 2.68. The first kappa shape index (κ1) is 14.4. The van der Waals surface area contributed by atoms with Gasteiger partial charge in [-0.15, -0.1) is 0 Å². The zero-order valence-corrected chi connectivity index (χ0v) is 10.2. The van der Waals surface area contributed by atoms with Crippen molar-refractivity contribution in [3.05, 3.63) is 35.1 Å². The summed E-state index contributed by atoms with van der Waals surface area (Å²) in [5, 5.41) is 23.1. The predicted octanol–water partition coefficient (Wildman–Crippen LogP) is 0.781. The lowest BCUT2D eigenvalue weighted by Crippen LogP contribution is -2.26. The largest absolute Gasteiger partial charge is 0.409 e. The van der Waals surface area contributed by atoms with Crippen LogP contribution in [0.3, 0.4) is 0 Å². The van der Waals surface area contributed by atoms with E-state index >= 15 is 0 Å². The molecular formula is C12H18FN3O2. The fourth-order valence-electron chi connectivity index (χ4n) is 1.49. The van der Waals surface area contributed by atoms with Gasteiger partial charge in [-0.1, -0.05) is 17.3 Å². The SMILES string of the molecule is CC(CCO)NCc1ccc(/C(N)=N/O)cc1F. The molecule has 0 aromatic heterocycles. The van der Waals surface area contributed by atoms with Gasteiger partial charge in [-0.2, -0.15) is 0 Å². The van der Waals surface area contributed by atoms with E-state index in [2.05, 4.69) is 10.5 Å². The number of rotatable bonds is 6. The molecule has 0 amide bonds. The highest BCUT2D eigenvalue weighted by molar-refractivity contribution is 5.97. The molecule has 0 aliphatic rings. The fraction of sp³-hybridized carbons (Fsp3) is 0.417. The third-order valence-corrected chi connectivity index (χ3v) is 2.66. The van der Waals surface area contributed by atoms with E-state index in [1.807, 2.05) is 6.92 Å². The molecular weight excluding hydrogens is 237 g/mol. The van der Waals surface area contributed by atoms with Crippen LogP contribution in [0.5, 0.6) is 0 Å². The highest BCUT2D eigenvalue weighted by Gasteiger charge is 2.07. The molecule has 1 atom stereocenters. The van der Waals surface area contributed by atoms with E-state index in [4.69, 9.17) is 16.0 Å². The number of benzene rings is 1. The summed E-state index contributed by atoms with van der Waals surface area (Å²) >= 11 is 0. The first-order valence-electron chi connectivity index (χ1n) is 5.69. The van der Waals surface area contributed by atoms with Gasteiger partial charge in [-0.05, 0) is 19.4 Å². The zero-order chi connectivity index (χ0) is 13.5. The summed E-state index contributed by atoms with van der Waals surface area (Å²) < 4.78 is 13.7. The van der Waals surface area contributed by atoms with Crippen LogP contribution in [0.15, 0.2) is 23.4 Å². The number of nitrogens with zero attached hydrogens (tertiary/aromatic N) is 1. The summed E-state index contributed by atoms with van der Waals surface area (Å²) in [6, 6.07) is 4.51. The number of amidine groups is 1. The van der Waals surface area contributed by atoms with Crippen LogP contribution in [-0.4, -0.2) is 28.8 Å². The summed E-state index contributed by atoms with van der Waals surface area (Å²) in [6.07, 6.45) is 0.615. The van der Waals surface area contributed by atoms with Gasteiger partial charge in [0.1, 0.15) is 5.82 Å². The molecule has 1 aromatic rings. The summed E-state index contributed by atoms with van der Waals surface area (Å²) in [5.74, 6) is -0.537. The van der Waals surface area contributed by atoms with Gasteiger partial charge in [0.25, 0.3) is 0 Å². The second-order valence-corrected chi connectivity index (χ2v) is 4.09. The molecule has 0 aliphatic carbocycles. The van der Waals surface area contributed by atoms with Crippen molar-refractivity contribution in [1.82, 2.24) is 5.32 Å². The minimum absolute atomic E-state index is 0.0963. The molecule has 0 fully saturated rings. The van der Waals surface area contributed by atoms with Crippen LogP contribution in [0, 0.1) is 5.82 Å². The third-order valence-electron chi connectivity index (χ3n) is 2.66. The minimum Gasteiger partial charge on any atom is -0.409 e. The van der Waals surface area contributed by atoms with Crippen LogP contribution >= 0.6 is 0 Å². The van der Waals surface area contributed by atoms with Gasteiger partial charge < -0.3 is 21.4 Å². The number of nitrogens with one attached hydrogen (secondary N) is 1. The Kier molecular flexibility index (Phi) is 5.54. The van der Waals surface area contributed by atoms with Gasteiger partial charge in [-0.25, -0.2) is 4.39 Å². The predicted molar refractivity (Wildman–Crippen MR) is 66.9 cm³/mol. The van der Waals surface area contributed by atoms with Gasteiger partial charge in [0.15, 0.2) is 5.84 Å². The molecule has 5 nitrogen and oxygen atoms in total. The Hall–Kier alpha value is -1.66. The second kappa shape index (κ2) is 6.93. The van der Waals surface area contributed by atoms with Crippen molar-refractivity contribution in [1.29, 1.82) is 0 Å². The van der Waals surface area contributed by atoms with Crippen LogP contribution in [0.4, 0.5) is 4.39 Å². The van der Waals surface area contributed by atoms with Gasteiger partial charge in [0.2, 0.25) is 0 Å². The van der Waals surface area contributed by atoms with E-state index in [0.29, 0.717) is 24.1 Å². The third kappa shape index (κ3) is 3.97. The quantitative estimate of drug-likeness (QED) is 0.262. The Labute approximate surface area is 105 Å². The molecule has 0 bridgehead atoms. The van der Waals surface area contributed by atoms with E-state index in [9.17, 15) is 4.39 Å². The van der Waals surface area contributed by atoms with Gasteiger partial charge in [-0.3, -0.25) is 0 Å². The van der Waals surface area contributed by atoms with Crippen molar-refractivity contribution in [2.24, 2.45) is 10.9 Å². The van der Waals surface area contributed by atoms with Gasteiger partial charge in [0.05, 0.1) is 0 Å². The summed E-state index contributed by atoms with van der Waals surface area (Å²) in [4.78, 5) is 0. The highest BCUT2D eigenvalue weighted by Crippen LogP contribution is 2.10. The molecule has 18 heavy (non-hydrogen) atoms. The van der Waals surface area contributed by atoms with Crippen molar-refractivity contribution < 1.29 is 14.7 Å². The van der Waals surface area contributed by atoms with Crippen LogP contribution < -0.4 is 11.1 Å². The van der Waals surface area contributed by atoms with Crippen LogP contribution in [0.2, 0.25) is 0 Å². The van der Waals surface area contributed by atoms with Crippen LogP contribution in [-0.2, 0) is 6.54 Å². The first-order chi connectivity index (χ1) is 8.58. The topological polar surface area (TPSA) is 90.9 Å². The molecule has 5 N–H and O–H groups in total. The number of aliphatic hydroxyl groups is 1. The molecule has 6 heteroatoms. The highest BCUT2D eigenvalue weighted by atomic mass is 19.1. The normalized spacial score (nSPS) is 13.6. The molecule has 0 saturated carbocycles. The van der Waals surface area contributed by atoms with E-state index < -0.39 is 5.82 Å². The standard InChI is InChI=1S/C12H18FN3O2/c1-8(4-5-17)15-7-10-3-2-9(6-11(10)13)12(14)16-18/h2-3,6,8,15,17-18H,4-5,7H2,1H3,(H2,14,16). The molecule has 1 aromatic carbocycles. The molecule has 0 aliphatic heterocycles. The molecule has 0 heterocycles. The molecule has 0 radical (unpaired) electrons. The van der Waals surface area contributed by atoms with Gasteiger partial charge in [0, 0.05) is 30.3 Å². The summed E-state index contributed by atoms with van der Waals surface area (Å²) in [7, 11) is 0. The van der Waals surface area contributed by atoms with E-state index in [0.717, 1.165) is 0 Å². The number of oxime groups is 1. The van der Waals surface area contributed by atoms with Crippen LogP contribution in [0.25, 0.3) is 0 Å². The minimum atomic E-state index is -0.414. The summed E-state index contributed by atoms with van der Waals surface area (Å²) in [5.41, 5.74) is 6.19. The van der Waals surface area contributed by atoms with E-state index in [1.54, 1.807) is 12.1 Å². The number of hydrogen-bond acceptors (Lipinski definition) is 4. The maximum absolute atomic E-state index is 13.7. The number of nitrogens with two attached hydrogens (primary N) is 1. The summed E-state index contributed by atoms with van der Waals surface area (Å²) in [6.45, 7) is 2.38.